The number of methoxy groups -OCH3 is 1. The van der Waals surface area contributed by atoms with Gasteiger partial charge in [0.2, 0.25) is 0 Å². The molecule has 1 saturated heterocycles. The number of ether oxygens (including phenoxy) is 1. The van der Waals surface area contributed by atoms with E-state index in [9.17, 15) is 0 Å². The minimum absolute atomic E-state index is 0.00498. The fourth-order valence-electron chi connectivity index (χ4n) is 4.16. The highest BCUT2D eigenvalue weighted by molar-refractivity contribution is 5.26. The maximum atomic E-state index is 6.67. The summed E-state index contributed by atoms with van der Waals surface area (Å²) in [6, 6.07) is 20.2. The topological polar surface area (TPSA) is 90.9 Å². The molecule has 2 heterocycles. The molecule has 2 unspecified atom stereocenters. The summed E-state index contributed by atoms with van der Waals surface area (Å²) in [5.41, 5.74) is 8.17. The predicted octanol–water partition coefficient (Wildman–Crippen LogP) is 1.70. The van der Waals surface area contributed by atoms with Crippen LogP contribution in [-0.2, 0) is 10.5 Å². The number of nitrogens with one attached hydrogen (secondary N) is 1. The third-order valence-corrected chi connectivity index (χ3v) is 5.47. The molecule has 0 saturated carbocycles. The number of nitrogens with zero attached hydrogens (tertiary/aromatic N) is 4. The van der Waals surface area contributed by atoms with Gasteiger partial charge in [0.25, 0.3) is 0 Å². The highest BCUT2D eigenvalue weighted by atomic mass is 16.5. The van der Waals surface area contributed by atoms with Crippen LogP contribution in [0.5, 0.6) is 0 Å². The van der Waals surface area contributed by atoms with Crippen LogP contribution >= 0.6 is 0 Å². The van der Waals surface area contributed by atoms with Crippen LogP contribution in [0, 0.1) is 5.92 Å². The van der Waals surface area contributed by atoms with E-state index in [-0.39, 0.29) is 18.0 Å². The third-order valence-electron chi connectivity index (χ3n) is 5.47. The Morgan fingerprint density at radius 3 is 2.44 bits per heavy atom. The van der Waals surface area contributed by atoms with Gasteiger partial charge in [-0.2, -0.15) is 0 Å². The zero-order chi connectivity index (χ0) is 18.7. The minimum Gasteiger partial charge on any atom is -0.358 e. The van der Waals surface area contributed by atoms with Crippen LogP contribution in [0.1, 0.15) is 23.6 Å². The number of nitrogens with two attached hydrogens (primary N) is 1. The van der Waals surface area contributed by atoms with Gasteiger partial charge < -0.3 is 10.5 Å². The van der Waals surface area contributed by atoms with Gasteiger partial charge in [-0.15, -0.1) is 5.10 Å². The molecule has 0 bridgehead atoms. The second kappa shape index (κ2) is 7.56. The molecule has 7 heteroatoms. The number of benzene rings is 2. The van der Waals surface area contributed by atoms with Crippen LogP contribution in [0.2, 0.25) is 0 Å². The van der Waals surface area contributed by atoms with E-state index in [1.165, 1.54) is 0 Å². The lowest BCUT2D eigenvalue weighted by molar-refractivity contribution is -0.0922. The monoisotopic (exact) mass is 364 g/mol. The Labute approximate surface area is 158 Å². The average molecular weight is 364 g/mol. The largest absolute Gasteiger partial charge is 0.358 e. The maximum Gasteiger partial charge on any atom is 0.160 e. The molecule has 3 N–H and O–H groups in total. The Morgan fingerprint density at radius 1 is 1.15 bits per heavy atom. The van der Waals surface area contributed by atoms with Crippen molar-refractivity contribution >= 4 is 0 Å². The quantitative estimate of drug-likeness (QED) is 0.716. The van der Waals surface area contributed by atoms with Gasteiger partial charge in [-0.1, -0.05) is 60.7 Å². The minimum atomic E-state index is -0.695. The van der Waals surface area contributed by atoms with E-state index in [1.807, 2.05) is 53.2 Å². The molecule has 1 aliphatic heterocycles. The molecule has 0 amide bonds. The second-order valence-electron chi connectivity index (χ2n) is 6.93. The summed E-state index contributed by atoms with van der Waals surface area (Å²) in [5.74, 6) is 0.220. The first-order valence-electron chi connectivity index (χ1n) is 9.13. The van der Waals surface area contributed by atoms with Gasteiger partial charge in [0.15, 0.2) is 5.72 Å². The molecular weight excluding hydrogens is 340 g/mol. The van der Waals surface area contributed by atoms with E-state index in [0.29, 0.717) is 0 Å². The van der Waals surface area contributed by atoms with Crippen LogP contribution in [0.4, 0.5) is 0 Å². The van der Waals surface area contributed by atoms with Gasteiger partial charge in [-0.05, 0) is 28.3 Å². The van der Waals surface area contributed by atoms with Crippen LogP contribution in [0.3, 0.4) is 0 Å². The van der Waals surface area contributed by atoms with Crippen molar-refractivity contribution in [3.05, 3.63) is 78.1 Å². The Hall–Kier alpha value is -2.61. The molecular formula is C20H24N6O. The van der Waals surface area contributed by atoms with Crippen LogP contribution in [-0.4, -0.2) is 39.9 Å². The van der Waals surface area contributed by atoms with Gasteiger partial charge >= 0.3 is 0 Å². The molecule has 1 fully saturated rings. The molecule has 4 atom stereocenters. The highest BCUT2D eigenvalue weighted by Gasteiger charge is 2.45. The van der Waals surface area contributed by atoms with Gasteiger partial charge in [0.05, 0.1) is 12.1 Å². The summed E-state index contributed by atoms with van der Waals surface area (Å²) in [7, 11) is 1.70. The molecule has 0 spiro atoms. The standard InChI is InChI=1S/C20H24N6O/c1-27-20(17-10-6-3-7-11-17)18(21)12-16(13-22-20)19(26-14-23-24-25-26)15-8-4-2-5-9-15/h2-11,14,16,18-19,22H,12-13,21H2,1H3/t16?,18-,19?,20-/m0/s1. The summed E-state index contributed by atoms with van der Waals surface area (Å²) in [6.07, 6.45) is 2.44. The second-order valence-corrected chi connectivity index (χ2v) is 6.93. The molecule has 7 nitrogen and oxygen atoms in total. The van der Waals surface area contributed by atoms with Crippen molar-refractivity contribution in [2.75, 3.05) is 13.7 Å². The molecule has 4 rings (SSSR count). The van der Waals surface area contributed by atoms with Crippen molar-refractivity contribution in [1.82, 2.24) is 25.5 Å². The van der Waals surface area contributed by atoms with E-state index in [0.717, 1.165) is 24.1 Å². The fraction of sp³-hybridized carbons (Fsp3) is 0.350. The Balaban J connectivity index is 1.64. The Morgan fingerprint density at radius 2 is 1.85 bits per heavy atom. The molecule has 2 aromatic carbocycles. The first kappa shape index (κ1) is 17.8. The summed E-state index contributed by atoms with van der Waals surface area (Å²) < 4.78 is 7.73. The smallest absolute Gasteiger partial charge is 0.160 e. The first-order chi connectivity index (χ1) is 13.2. The predicted molar refractivity (Wildman–Crippen MR) is 102 cm³/mol. The zero-order valence-corrected chi connectivity index (χ0v) is 15.3. The number of tetrazole rings is 1. The number of rotatable bonds is 5. The average Bonchev–Trinajstić information content (AvgIpc) is 3.24. The van der Waals surface area contributed by atoms with E-state index < -0.39 is 5.72 Å². The van der Waals surface area contributed by atoms with Crippen molar-refractivity contribution in [3.8, 4) is 0 Å². The van der Waals surface area contributed by atoms with Crippen LogP contribution in [0.25, 0.3) is 0 Å². The van der Waals surface area contributed by atoms with Crippen LogP contribution in [0.15, 0.2) is 67.0 Å². The lowest BCUT2D eigenvalue weighted by Gasteiger charge is -2.46. The summed E-state index contributed by atoms with van der Waals surface area (Å²) in [4.78, 5) is 0. The lowest BCUT2D eigenvalue weighted by Crippen LogP contribution is -2.63. The Bertz CT molecular complexity index is 841. The van der Waals surface area contributed by atoms with Crippen molar-refractivity contribution in [3.63, 3.8) is 0 Å². The van der Waals surface area contributed by atoms with Crippen molar-refractivity contribution in [1.29, 1.82) is 0 Å². The van der Waals surface area contributed by atoms with Gasteiger partial charge in [-0.25, -0.2) is 4.68 Å². The number of aromatic nitrogens is 4. The molecule has 0 aliphatic carbocycles. The molecule has 1 aliphatic rings. The first-order valence-corrected chi connectivity index (χ1v) is 9.13. The molecule has 1 aromatic heterocycles. The fourth-order valence-corrected chi connectivity index (χ4v) is 4.16. The summed E-state index contributed by atoms with van der Waals surface area (Å²) >= 11 is 0. The molecule has 3 aromatic rings. The van der Waals surface area contributed by atoms with Gasteiger partial charge in [0, 0.05) is 19.2 Å². The summed E-state index contributed by atoms with van der Waals surface area (Å²) in [5, 5.41) is 15.4. The van der Waals surface area contributed by atoms with E-state index in [2.05, 4.69) is 33.0 Å². The van der Waals surface area contributed by atoms with Crippen LogP contribution < -0.4 is 11.1 Å². The zero-order valence-electron chi connectivity index (χ0n) is 15.3. The molecule has 27 heavy (non-hydrogen) atoms. The van der Waals surface area contributed by atoms with Gasteiger partial charge in [-0.3, -0.25) is 5.32 Å². The van der Waals surface area contributed by atoms with Crippen molar-refractivity contribution < 1.29 is 4.74 Å². The molecule has 0 radical (unpaired) electrons. The van der Waals surface area contributed by atoms with Crippen molar-refractivity contribution in [2.24, 2.45) is 11.7 Å². The van der Waals surface area contributed by atoms with Crippen molar-refractivity contribution in [2.45, 2.75) is 24.2 Å². The lowest BCUT2D eigenvalue weighted by atomic mass is 9.79. The third kappa shape index (κ3) is 3.25. The Kier molecular flexibility index (Phi) is 4.98. The van der Waals surface area contributed by atoms with Gasteiger partial charge in [0.1, 0.15) is 6.33 Å². The van der Waals surface area contributed by atoms with E-state index in [1.54, 1.807) is 13.4 Å². The SMILES string of the molecule is CO[C@]1(c2ccccc2)NCC(C(c2ccccc2)n2cnnn2)C[C@@H]1N. The highest BCUT2D eigenvalue weighted by Crippen LogP contribution is 2.38. The summed E-state index contributed by atoms with van der Waals surface area (Å²) in [6.45, 7) is 0.732. The number of hydrogen-bond acceptors (Lipinski definition) is 6. The number of piperidine rings is 1. The van der Waals surface area contributed by atoms with E-state index >= 15 is 0 Å². The van der Waals surface area contributed by atoms with E-state index in [4.69, 9.17) is 10.5 Å². The molecule has 140 valence electrons. The maximum absolute atomic E-state index is 6.67. The normalized spacial score (nSPS) is 26.6. The number of hydrogen-bond donors (Lipinski definition) is 2.